The summed E-state index contributed by atoms with van der Waals surface area (Å²) in [5.74, 6) is 0. The first-order valence-corrected chi connectivity index (χ1v) is 17.2. The summed E-state index contributed by atoms with van der Waals surface area (Å²) in [5, 5.41) is 0. The molecule has 0 aromatic heterocycles. The summed E-state index contributed by atoms with van der Waals surface area (Å²) < 4.78 is 2.53. The largest absolute Gasteiger partial charge is 0.344 e. The Morgan fingerprint density at radius 1 is 0.767 bits per heavy atom. The molecule has 5 rings (SSSR count). The molecule has 0 amide bonds. The van der Waals surface area contributed by atoms with Crippen molar-refractivity contribution in [2.75, 3.05) is 18.0 Å². The molecule has 43 heavy (non-hydrogen) atoms. The van der Waals surface area contributed by atoms with Gasteiger partial charge in [-0.3, -0.25) is 0 Å². The second-order valence-corrected chi connectivity index (χ2v) is 13.8. The highest BCUT2D eigenvalue weighted by Crippen LogP contribution is 2.48. The smallest absolute Gasteiger partial charge is 0.209 e. The van der Waals surface area contributed by atoms with Crippen molar-refractivity contribution in [3.8, 4) is 0 Å². The Morgan fingerprint density at radius 2 is 1.49 bits per heavy atom. The van der Waals surface area contributed by atoms with Gasteiger partial charge in [-0.15, -0.1) is 0 Å². The number of hydrogen-bond donors (Lipinski definition) is 0. The first-order valence-electron chi connectivity index (χ1n) is 17.2. The van der Waals surface area contributed by atoms with Crippen molar-refractivity contribution in [3.05, 3.63) is 106 Å². The topological polar surface area (TPSA) is 6.25 Å². The summed E-state index contributed by atoms with van der Waals surface area (Å²) >= 11 is 0. The van der Waals surface area contributed by atoms with Crippen LogP contribution in [-0.4, -0.2) is 23.4 Å². The van der Waals surface area contributed by atoms with Crippen LogP contribution in [0.1, 0.15) is 117 Å². The first kappa shape index (κ1) is 31.3. The number of para-hydroxylation sites is 2. The van der Waals surface area contributed by atoms with Gasteiger partial charge in [0.05, 0.1) is 5.41 Å². The SMILES string of the molecule is CCCCCCCC1=C(/C=C/C2=[N+](CC)c3ccccc3C2(C)C)CCC/C1=C\C=C1\N(CC)c2ccccc2C1(C)C. The van der Waals surface area contributed by atoms with Gasteiger partial charge in [-0.05, 0) is 94.2 Å². The Bertz CT molecular complexity index is 1470. The molecule has 2 nitrogen and oxygen atoms in total. The van der Waals surface area contributed by atoms with Gasteiger partial charge in [-0.25, -0.2) is 0 Å². The van der Waals surface area contributed by atoms with E-state index in [0.717, 1.165) is 13.1 Å². The molecule has 2 heteroatoms. The van der Waals surface area contributed by atoms with E-state index in [1.165, 1.54) is 91.7 Å². The quantitative estimate of drug-likeness (QED) is 0.191. The molecule has 0 atom stereocenters. The third kappa shape index (κ3) is 6.00. The maximum absolute atomic E-state index is 2.53. The van der Waals surface area contributed by atoms with Crippen molar-refractivity contribution < 1.29 is 4.58 Å². The lowest BCUT2D eigenvalue weighted by Crippen LogP contribution is -2.27. The average Bonchev–Trinajstić information content (AvgIpc) is 3.37. The van der Waals surface area contributed by atoms with Crippen LogP contribution in [0.4, 0.5) is 11.4 Å². The molecule has 0 saturated heterocycles. The number of fused-ring (bicyclic) bond motifs is 2. The van der Waals surface area contributed by atoms with Crippen LogP contribution in [0.5, 0.6) is 0 Å². The first-order chi connectivity index (χ1) is 20.7. The summed E-state index contributed by atoms with van der Waals surface area (Å²) in [6.45, 7) is 18.4. The van der Waals surface area contributed by atoms with Gasteiger partial charge in [0.25, 0.3) is 0 Å². The third-order valence-corrected chi connectivity index (χ3v) is 10.3. The maximum atomic E-state index is 2.53. The Hall–Kier alpha value is -3.13. The highest BCUT2D eigenvalue weighted by Gasteiger charge is 2.43. The van der Waals surface area contributed by atoms with Crippen LogP contribution in [0.2, 0.25) is 0 Å². The number of benzene rings is 2. The van der Waals surface area contributed by atoms with E-state index in [-0.39, 0.29) is 10.8 Å². The van der Waals surface area contributed by atoms with Crippen molar-refractivity contribution in [3.63, 3.8) is 0 Å². The average molecular weight is 576 g/mol. The van der Waals surface area contributed by atoms with Gasteiger partial charge >= 0.3 is 0 Å². The number of hydrogen-bond acceptors (Lipinski definition) is 1. The van der Waals surface area contributed by atoms with Gasteiger partial charge in [-0.2, -0.15) is 4.58 Å². The lowest BCUT2D eigenvalue weighted by molar-refractivity contribution is -0.433. The molecule has 228 valence electrons. The van der Waals surface area contributed by atoms with E-state index in [9.17, 15) is 0 Å². The van der Waals surface area contributed by atoms with Crippen molar-refractivity contribution in [2.45, 2.75) is 117 Å². The molecular formula is C41H55N2+. The van der Waals surface area contributed by atoms with E-state index >= 15 is 0 Å². The van der Waals surface area contributed by atoms with Crippen molar-refractivity contribution >= 4 is 17.1 Å². The normalized spacial score (nSPS) is 21.0. The fraction of sp³-hybridized carbons (Fsp3) is 0.488. The summed E-state index contributed by atoms with van der Waals surface area (Å²) in [7, 11) is 0. The number of rotatable bonds is 11. The fourth-order valence-electron chi connectivity index (χ4n) is 7.89. The third-order valence-electron chi connectivity index (χ3n) is 10.3. The lowest BCUT2D eigenvalue weighted by Gasteiger charge is -2.27. The molecule has 2 aromatic rings. The molecule has 0 fully saturated rings. The minimum absolute atomic E-state index is 0.00834. The zero-order chi connectivity index (χ0) is 30.6. The summed E-state index contributed by atoms with van der Waals surface area (Å²) in [4.78, 5) is 2.53. The van der Waals surface area contributed by atoms with Crippen LogP contribution in [0.25, 0.3) is 0 Å². The Kier molecular flexibility index (Phi) is 9.64. The van der Waals surface area contributed by atoms with Crippen LogP contribution < -0.4 is 4.90 Å². The summed E-state index contributed by atoms with van der Waals surface area (Å²) in [5.41, 5.74) is 13.2. The van der Waals surface area contributed by atoms with Crippen LogP contribution in [0, 0.1) is 0 Å². The van der Waals surface area contributed by atoms with Crippen molar-refractivity contribution in [1.29, 1.82) is 0 Å². The van der Waals surface area contributed by atoms with E-state index in [0.29, 0.717) is 0 Å². The number of likely N-dealkylation sites (N-methyl/N-ethyl adjacent to an activating group) is 1. The molecule has 0 spiro atoms. The predicted molar refractivity (Wildman–Crippen MR) is 187 cm³/mol. The fourth-order valence-corrected chi connectivity index (χ4v) is 7.89. The van der Waals surface area contributed by atoms with Gasteiger partial charge in [-0.1, -0.05) is 95.0 Å². The second kappa shape index (κ2) is 13.2. The molecular weight excluding hydrogens is 520 g/mol. The highest BCUT2D eigenvalue weighted by atomic mass is 15.2. The van der Waals surface area contributed by atoms with Crippen LogP contribution >= 0.6 is 0 Å². The molecule has 2 heterocycles. The van der Waals surface area contributed by atoms with E-state index in [1.807, 2.05) is 0 Å². The van der Waals surface area contributed by atoms with Crippen molar-refractivity contribution in [2.24, 2.45) is 0 Å². The van der Waals surface area contributed by atoms with Gasteiger partial charge in [0.1, 0.15) is 6.54 Å². The molecule has 0 radical (unpaired) electrons. The number of nitrogens with zero attached hydrogens (tertiary/aromatic N) is 2. The number of anilines is 1. The van der Waals surface area contributed by atoms with Gasteiger partial charge in [0.2, 0.25) is 5.69 Å². The monoisotopic (exact) mass is 575 g/mol. The van der Waals surface area contributed by atoms with Crippen LogP contribution in [0.3, 0.4) is 0 Å². The van der Waals surface area contributed by atoms with E-state index in [4.69, 9.17) is 0 Å². The Labute approximate surface area is 262 Å². The van der Waals surface area contributed by atoms with E-state index in [2.05, 4.69) is 131 Å². The van der Waals surface area contributed by atoms with E-state index < -0.39 is 0 Å². The molecule has 0 bridgehead atoms. The minimum Gasteiger partial charge on any atom is -0.344 e. The van der Waals surface area contributed by atoms with Gasteiger partial charge in [0.15, 0.2) is 5.71 Å². The predicted octanol–water partition coefficient (Wildman–Crippen LogP) is 11.1. The number of unbranched alkanes of at least 4 members (excludes halogenated alkanes) is 4. The standard InChI is InChI=1S/C41H55N2/c1-8-11-12-13-14-22-33-31(27-29-38-40(4,5)34-23-15-17-25-36(34)42(38)9-2)20-19-21-32(33)28-30-39-41(6,7)35-24-16-18-26-37(35)43(39)10-3/h15-18,23-30H,8-14,19-22H2,1-7H3/q+1. The molecule has 2 aromatic carbocycles. The van der Waals surface area contributed by atoms with Crippen LogP contribution in [-0.2, 0) is 10.8 Å². The maximum Gasteiger partial charge on any atom is 0.209 e. The van der Waals surface area contributed by atoms with Gasteiger partial charge in [0, 0.05) is 41.1 Å². The Balaban J connectivity index is 1.52. The molecule has 0 saturated carbocycles. The van der Waals surface area contributed by atoms with E-state index in [1.54, 1.807) is 16.7 Å². The zero-order valence-electron chi connectivity index (χ0n) is 28.1. The molecule has 0 N–H and O–H groups in total. The molecule has 1 aliphatic carbocycles. The Morgan fingerprint density at radius 3 is 2.23 bits per heavy atom. The number of allylic oxidation sites excluding steroid dienone is 8. The lowest BCUT2D eigenvalue weighted by atomic mass is 9.80. The zero-order valence-corrected chi connectivity index (χ0v) is 28.1. The van der Waals surface area contributed by atoms with Crippen LogP contribution in [0.15, 0.2) is 95.3 Å². The van der Waals surface area contributed by atoms with Gasteiger partial charge < -0.3 is 4.90 Å². The molecule has 3 aliphatic rings. The highest BCUT2D eigenvalue weighted by molar-refractivity contribution is 6.03. The molecule has 2 aliphatic heterocycles. The molecule has 0 unspecified atom stereocenters. The summed E-state index contributed by atoms with van der Waals surface area (Å²) in [6, 6.07) is 18.0. The van der Waals surface area contributed by atoms with Crippen molar-refractivity contribution in [1.82, 2.24) is 0 Å². The second-order valence-electron chi connectivity index (χ2n) is 13.8. The minimum atomic E-state index is 0.00834. The summed E-state index contributed by atoms with van der Waals surface area (Å²) in [6.07, 6.45) is 21.3.